The van der Waals surface area contributed by atoms with Crippen LogP contribution in [0, 0.1) is 32.4 Å². The highest BCUT2D eigenvalue weighted by atomic mass is 19.1. The van der Waals surface area contributed by atoms with E-state index in [1.54, 1.807) is 12.1 Å². The SMILES string of the molecule is [2H]c1c([2H])c([2H])c(N(c2c(F)cc(-c3cccc(C)c3)cc2-c2ccccc2)c2ccc3ccc4c(N(c5c(F)cc(-c6cccc(C)c6)cc5-c5cccc(C)c5)c5c([2H])c([2H])c([2H])c([2H])c5[2H])ccc5ccc2c3c54)c([2H])c1[2H]. The van der Waals surface area contributed by atoms with Crippen LogP contribution < -0.4 is 9.80 Å². The molecule has 0 aliphatic rings. The standard InChI is InChI=1S/C67H48F2N2/c1-43-16-13-21-49(36-43)52-39-58(46-19-7-4-8-20-46)66(60(68)41-52)70(54-24-9-5-10-25-54)62-34-30-47-29-33-57-63(35-31-48-28-32-56(62)64(47)65(48)57)71(55-26-11-6-12-27-55)67-59(51-23-15-18-45(3)38-51)40-53(42-61(67)69)50-22-14-17-44(2)37-50/h4-42H,1-3H3/i5D,6D,9D,10D,11D,12D,24D,25D,26D,27D. The fourth-order valence-corrected chi connectivity index (χ4v) is 10.1. The molecule has 4 heteroatoms. The van der Waals surface area contributed by atoms with Crippen LogP contribution in [0.1, 0.15) is 30.4 Å². The first-order valence-electron chi connectivity index (χ1n) is 28.3. The Balaban J connectivity index is 1.19. The van der Waals surface area contributed by atoms with Crippen LogP contribution in [0.25, 0.3) is 76.8 Å². The number of nitrogens with zero attached hydrogens (tertiary/aromatic N) is 2. The lowest BCUT2D eigenvalue weighted by Gasteiger charge is -2.31. The van der Waals surface area contributed by atoms with Crippen LogP contribution in [0.3, 0.4) is 0 Å². The third kappa shape index (κ3) is 7.84. The molecular formula is C67H48F2N2. The number of aryl methyl sites for hydroxylation is 3. The van der Waals surface area contributed by atoms with Gasteiger partial charge in [-0.1, -0.05) is 192 Å². The van der Waals surface area contributed by atoms with Gasteiger partial charge in [-0.15, -0.1) is 0 Å². The average Bonchev–Trinajstić information content (AvgIpc) is 3.65. The largest absolute Gasteiger partial charge is 0.307 e. The summed E-state index contributed by atoms with van der Waals surface area (Å²) < 4.78 is 127. The summed E-state index contributed by atoms with van der Waals surface area (Å²) in [7, 11) is 0. The van der Waals surface area contributed by atoms with Gasteiger partial charge in [-0.25, -0.2) is 8.78 Å². The summed E-state index contributed by atoms with van der Waals surface area (Å²) in [6.07, 6.45) is 0. The fraction of sp³-hybridized carbons (Fsp3) is 0.0448. The second-order valence-electron chi connectivity index (χ2n) is 17.9. The van der Waals surface area contributed by atoms with Crippen molar-refractivity contribution in [2.45, 2.75) is 20.8 Å². The Bertz CT molecular complexity index is 4510. The van der Waals surface area contributed by atoms with Crippen molar-refractivity contribution in [3.8, 4) is 44.5 Å². The molecule has 340 valence electrons. The van der Waals surface area contributed by atoms with E-state index >= 15 is 8.78 Å². The number of halogens is 2. The van der Waals surface area contributed by atoms with E-state index < -0.39 is 72.1 Å². The molecule has 12 rings (SSSR count). The molecule has 12 aromatic rings. The molecule has 0 saturated heterocycles. The first-order chi connectivity index (χ1) is 38.9. The highest BCUT2D eigenvalue weighted by Gasteiger charge is 2.28. The summed E-state index contributed by atoms with van der Waals surface area (Å²) in [5, 5.41) is 3.59. The van der Waals surface area contributed by atoms with Gasteiger partial charge in [0.2, 0.25) is 0 Å². The van der Waals surface area contributed by atoms with Gasteiger partial charge in [0.05, 0.1) is 36.5 Å². The maximum Gasteiger partial charge on any atom is 0.148 e. The van der Waals surface area contributed by atoms with Crippen LogP contribution in [0.15, 0.2) is 236 Å². The molecule has 0 amide bonds. The van der Waals surface area contributed by atoms with Crippen molar-refractivity contribution in [2.75, 3.05) is 9.80 Å². The van der Waals surface area contributed by atoms with Crippen molar-refractivity contribution in [1.82, 2.24) is 0 Å². The van der Waals surface area contributed by atoms with Crippen molar-refractivity contribution in [1.29, 1.82) is 0 Å². The molecular weight excluding hydrogens is 871 g/mol. The topological polar surface area (TPSA) is 6.48 Å². The first-order valence-corrected chi connectivity index (χ1v) is 23.3. The number of para-hydroxylation sites is 2. The van der Waals surface area contributed by atoms with Crippen LogP contribution in [-0.2, 0) is 0 Å². The Morgan fingerprint density at radius 1 is 0.352 bits per heavy atom. The molecule has 0 bridgehead atoms. The summed E-state index contributed by atoms with van der Waals surface area (Å²) in [6, 6.07) is 47.1. The summed E-state index contributed by atoms with van der Waals surface area (Å²) >= 11 is 0. The van der Waals surface area contributed by atoms with E-state index in [1.165, 1.54) is 21.9 Å². The number of hydrogen-bond acceptors (Lipinski definition) is 2. The zero-order valence-electron chi connectivity index (χ0n) is 48.9. The molecule has 0 atom stereocenters. The lowest BCUT2D eigenvalue weighted by Crippen LogP contribution is -2.14. The van der Waals surface area contributed by atoms with Crippen LogP contribution in [0.5, 0.6) is 0 Å². The van der Waals surface area contributed by atoms with Crippen LogP contribution >= 0.6 is 0 Å². The van der Waals surface area contributed by atoms with Crippen molar-refractivity contribution < 1.29 is 22.5 Å². The van der Waals surface area contributed by atoms with Crippen LogP contribution in [0.2, 0.25) is 0 Å². The molecule has 0 aromatic heterocycles. The molecule has 0 aliphatic heterocycles. The van der Waals surface area contributed by atoms with Gasteiger partial charge in [-0.2, -0.15) is 0 Å². The number of anilines is 6. The van der Waals surface area contributed by atoms with Crippen molar-refractivity contribution >= 4 is 66.4 Å². The molecule has 0 unspecified atom stereocenters. The minimum atomic E-state index is -0.734. The molecule has 0 saturated carbocycles. The second kappa shape index (κ2) is 17.9. The minimum absolute atomic E-state index is 0.0726. The zero-order chi connectivity index (χ0) is 56.9. The van der Waals surface area contributed by atoms with E-state index in [1.807, 2.05) is 172 Å². The third-order valence-electron chi connectivity index (χ3n) is 13.2. The summed E-state index contributed by atoms with van der Waals surface area (Å²) in [5.74, 6) is -1.47. The lowest BCUT2D eigenvalue weighted by atomic mass is 9.90. The number of hydrogen-bond donors (Lipinski definition) is 0. The minimum Gasteiger partial charge on any atom is -0.307 e. The molecule has 71 heavy (non-hydrogen) atoms. The van der Waals surface area contributed by atoms with Gasteiger partial charge in [0, 0.05) is 33.3 Å². The fourth-order valence-electron chi connectivity index (χ4n) is 10.1. The lowest BCUT2D eigenvalue weighted by molar-refractivity contribution is 0.629. The Morgan fingerprint density at radius 2 is 0.746 bits per heavy atom. The van der Waals surface area contributed by atoms with Gasteiger partial charge in [-0.05, 0) is 136 Å². The van der Waals surface area contributed by atoms with Gasteiger partial charge < -0.3 is 9.80 Å². The van der Waals surface area contributed by atoms with Gasteiger partial charge in [0.1, 0.15) is 11.6 Å². The summed E-state index contributed by atoms with van der Waals surface area (Å²) in [4.78, 5) is 2.85. The normalized spacial score (nSPS) is 13.4. The molecule has 0 radical (unpaired) electrons. The third-order valence-corrected chi connectivity index (χ3v) is 13.2. The van der Waals surface area contributed by atoms with E-state index in [0.29, 0.717) is 65.7 Å². The Labute approximate surface area is 427 Å². The quantitative estimate of drug-likeness (QED) is 0.126. The highest BCUT2D eigenvalue weighted by molar-refractivity contribution is 6.28. The Morgan fingerprint density at radius 3 is 1.20 bits per heavy atom. The van der Waals surface area contributed by atoms with Crippen molar-refractivity contribution in [3.05, 3.63) is 265 Å². The van der Waals surface area contributed by atoms with Crippen molar-refractivity contribution in [3.63, 3.8) is 0 Å². The number of rotatable bonds is 10. The molecule has 0 aliphatic carbocycles. The van der Waals surface area contributed by atoms with Gasteiger partial charge in [-0.3, -0.25) is 0 Å². The predicted octanol–water partition coefficient (Wildman–Crippen LogP) is 19.4. The van der Waals surface area contributed by atoms with Crippen LogP contribution in [-0.4, -0.2) is 0 Å². The van der Waals surface area contributed by atoms with E-state index in [0.717, 1.165) is 27.8 Å². The van der Waals surface area contributed by atoms with Crippen molar-refractivity contribution in [2.24, 2.45) is 0 Å². The van der Waals surface area contributed by atoms with Gasteiger partial charge in [0.15, 0.2) is 0 Å². The molecule has 12 aromatic carbocycles. The molecule has 0 heterocycles. The van der Waals surface area contributed by atoms with Gasteiger partial charge in [0.25, 0.3) is 0 Å². The van der Waals surface area contributed by atoms with E-state index in [-0.39, 0.29) is 34.1 Å². The van der Waals surface area contributed by atoms with E-state index in [2.05, 4.69) is 0 Å². The molecule has 0 spiro atoms. The Hall–Kier alpha value is -8.86. The second-order valence-corrected chi connectivity index (χ2v) is 17.9. The van der Waals surface area contributed by atoms with E-state index in [4.69, 9.17) is 8.22 Å². The zero-order valence-corrected chi connectivity index (χ0v) is 38.9. The Kier molecular flexibility index (Phi) is 8.47. The van der Waals surface area contributed by atoms with Gasteiger partial charge >= 0.3 is 0 Å². The average molecular weight is 929 g/mol. The summed E-state index contributed by atoms with van der Waals surface area (Å²) in [6.45, 7) is 5.81. The first kappa shape index (κ1) is 33.6. The molecule has 0 N–H and O–H groups in total. The maximum atomic E-state index is 18.2. The monoisotopic (exact) mass is 928 g/mol. The highest BCUT2D eigenvalue weighted by Crippen LogP contribution is 2.52. The van der Waals surface area contributed by atoms with E-state index in [9.17, 15) is 5.48 Å². The molecule has 0 fully saturated rings. The maximum absolute atomic E-state index is 18.2. The molecule has 2 nitrogen and oxygen atoms in total. The number of benzene rings is 12. The summed E-state index contributed by atoms with van der Waals surface area (Å²) in [5.41, 5.74) is 7.16. The van der Waals surface area contributed by atoms with Crippen LogP contribution in [0.4, 0.5) is 42.9 Å². The smallest absolute Gasteiger partial charge is 0.148 e. The predicted molar refractivity (Wildman–Crippen MR) is 295 cm³/mol.